The number of carbonyl (C=O) groups is 1. The first-order chi connectivity index (χ1) is 15.2. The van der Waals surface area contributed by atoms with Crippen LogP contribution in [-0.2, 0) is 11.2 Å². The van der Waals surface area contributed by atoms with Crippen molar-refractivity contribution >= 4 is 6.09 Å². The number of amides is 1. The summed E-state index contributed by atoms with van der Waals surface area (Å²) in [5.41, 5.74) is 6.26. The van der Waals surface area contributed by atoms with Gasteiger partial charge in [0.1, 0.15) is 6.61 Å². The van der Waals surface area contributed by atoms with Crippen molar-refractivity contribution in [1.82, 2.24) is 10.2 Å². The predicted molar refractivity (Wildman–Crippen MR) is 123 cm³/mol. The van der Waals surface area contributed by atoms with Crippen molar-refractivity contribution in [3.8, 4) is 11.1 Å². The number of carbonyl (C=O) groups excluding carboxylic acids is 1. The van der Waals surface area contributed by atoms with E-state index in [9.17, 15) is 4.79 Å². The van der Waals surface area contributed by atoms with E-state index < -0.39 is 0 Å². The van der Waals surface area contributed by atoms with Gasteiger partial charge in [0.05, 0.1) is 0 Å². The molecule has 31 heavy (non-hydrogen) atoms. The Bertz CT molecular complexity index is 1020. The maximum absolute atomic E-state index is 13.1. The molecule has 5 rings (SSSR count). The summed E-state index contributed by atoms with van der Waals surface area (Å²) in [6.45, 7) is 3.88. The van der Waals surface area contributed by atoms with Crippen LogP contribution in [-0.4, -0.2) is 42.8 Å². The average Bonchev–Trinajstić information content (AvgIpc) is 3.13. The topological polar surface area (TPSA) is 41.6 Å². The molecule has 1 fully saturated rings. The summed E-state index contributed by atoms with van der Waals surface area (Å²) in [5, 5.41) is 3.58. The van der Waals surface area contributed by atoms with E-state index in [1.54, 1.807) is 0 Å². The predicted octanol–water partition coefficient (Wildman–Crippen LogP) is 4.84. The molecule has 4 nitrogen and oxygen atoms in total. The van der Waals surface area contributed by atoms with Crippen LogP contribution in [0.5, 0.6) is 0 Å². The van der Waals surface area contributed by atoms with Crippen LogP contribution in [0.1, 0.15) is 29.5 Å². The van der Waals surface area contributed by atoms with Crippen molar-refractivity contribution in [2.24, 2.45) is 0 Å². The first-order valence-electron chi connectivity index (χ1n) is 11.1. The molecule has 1 saturated heterocycles. The first-order valence-corrected chi connectivity index (χ1v) is 11.1. The lowest BCUT2D eigenvalue weighted by atomic mass is 9.98. The van der Waals surface area contributed by atoms with E-state index in [1.807, 2.05) is 11.0 Å². The molecule has 0 aromatic heterocycles. The van der Waals surface area contributed by atoms with Gasteiger partial charge >= 0.3 is 6.09 Å². The third-order valence-corrected chi connectivity index (χ3v) is 6.55. The lowest BCUT2D eigenvalue weighted by molar-refractivity contribution is 0.0701. The highest BCUT2D eigenvalue weighted by Gasteiger charge is 2.32. The molecule has 4 heteroatoms. The minimum atomic E-state index is -0.214. The molecule has 0 radical (unpaired) electrons. The number of fused-ring (bicyclic) bond motifs is 3. The minimum Gasteiger partial charge on any atom is -0.448 e. The number of nitrogens with zero attached hydrogens (tertiary/aromatic N) is 1. The van der Waals surface area contributed by atoms with Crippen LogP contribution in [0, 0.1) is 0 Å². The van der Waals surface area contributed by atoms with Crippen molar-refractivity contribution < 1.29 is 9.53 Å². The fourth-order valence-corrected chi connectivity index (χ4v) is 4.90. The smallest absolute Gasteiger partial charge is 0.410 e. The third-order valence-electron chi connectivity index (χ3n) is 6.55. The van der Waals surface area contributed by atoms with Crippen molar-refractivity contribution in [3.63, 3.8) is 0 Å². The number of hydrogen-bond donors (Lipinski definition) is 1. The molecule has 1 heterocycles. The van der Waals surface area contributed by atoms with E-state index in [2.05, 4.69) is 85.0 Å². The Hall–Kier alpha value is -3.11. The van der Waals surface area contributed by atoms with Crippen LogP contribution in [0.3, 0.4) is 0 Å². The zero-order valence-electron chi connectivity index (χ0n) is 17.8. The third kappa shape index (κ3) is 3.96. The zero-order chi connectivity index (χ0) is 21.2. The monoisotopic (exact) mass is 412 g/mol. The molecular formula is C27H28N2O2. The highest BCUT2D eigenvalue weighted by molar-refractivity contribution is 5.79. The fourth-order valence-electron chi connectivity index (χ4n) is 4.90. The molecule has 2 atom stereocenters. The number of nitrogens with one attached hydrogen (secondary N) is 1. The van der Waals surface area contributed by atoms with Gasteiger partial charge in [-0.1, -0.05) is 78.9 Å². The summed E-state index contributed by atoms with van der Waals surface area (Å²) >= 11 is 0. The summed E-state index contributed by atoms with van der Waals surface area (Å²) in [5.74, 6) is 0.0923. The Morgan fingerprint density at radius 3 is 2.23 bits per heavy atom. The van der Waals surface area contributed by atoms with Gasteiger partial charge in [-0.05, 0) is 41.2 Å². The van der Waals surface area contributed by atoms with Crippen molar-refractivity contribution in [1.29, 1.82) is 0 Å². The van der Waals surface area contributed by atoms with Gasteiger partial charge in [0.15, 0.2) is 0 Å². The highest BCUT2D eigenvalue weighted by Crippen LogP contribution is 2.44. The molecule has 2 aliphatic rings. The second-order valence-corrected chi connectivity index (χ2v) is 8.60. The molecule has 0 bridgehead atoms. The van der Waals surface area contributed by atoms with Crippen LogP contribution >= 0.6 is 0 Å². The number of piperazine rings is 1. The van der Waals surface area contributed by atoms with Gasteiger partial charge in [-0.25, -0.2) is 4.79 Å². The molecule has 1 amide bonds. The van der Waals surface area contributed by atoms with E-state index >= 15 is 0 Å². The molecule has 158 valence electrons. The van der Waals surface area contributed by atoms with Gasteiger partial charge in [-0.15, -0.1) is 0 Å². The molecule has 1 aliphatic heterocycles. The normalized spacial score (nSPS) is 20.2. The van der Waals surface area contributed by atoms with Crippen LogP contribution in [0.2, 0.25) is 0 Å². The fraction of sp³-hybridized carbons (Fsp3) is 0.296. The maximum Gasteiger partial charge on any atom is 0.410 e. The van der Waals surface area contributed by atoms with E-state index in [1.165, 1.54) is 27.8 Å². The summed E-state index contributed by atoms with van der Waals surface area (Å²) in [6, 6.07) is 27.6. The number of benzene rings is 3. The van der Waals surface area contributed by atoms with E-state index in [0.29, 0.717) is 13.2 Å². The van der Waals surface area contributed by atoms with E-state index in [0.717, 1.165) is 13.0 Å². The molecule has 0 unspecified atom stereocenters. The Labute approximate surface area is 183 Å². The molecule has 0 saturated carbocycles. The van der Waals surface area contributed by atoms with Crippen LogP contribution in [0.25, 0.3) is 11.1 Å². The van der Waals surface area contributed by atoms with Crippen LogP contribution in [0.15, 0.2) is 78.9 Å². The quantitative estimate of drug-likeness (QED) is 0.667. The van der Waals surface area contributed by atoms with Gasteiger partial charge in [-0.2, -0.15) is 0 Å². The lowest BCUT2D eigenvalue weighted by Gasteiger charge is -2.38. The summed E-state index contributed by atoms with van der Waals surface area (Å²) in [4.78, 5) is 14.9. The molecule has 1 N–H and O–H groups in total. The number of hydrogen-bond acceptors (Lipinski definition) is 3. The van der Waals surface area contributed by atoms with Crippen molar-refractivity contribution in [2.75, 3.05) is 19.7 Å². The van der Waals surface area contributed by atoms with E-state index in [-0.39, 0.29) is 24.1 Å². The van der Waals surface area contributed by atoms with Gasteiger partial charge in [0, 0.05) is 31.1 Å². The Morgan fingerprint density at radius 1 is 0.935 bits per heavy atom. The number of rotatable bonds is 4. The molecule has 0 spiro atoms. The largest absolute Gasteiger partial charge is 0.448 e. The van der Waals surface area contributed by atoms with Crippen molar-refractivity contribution in [3.05, 3.63) is 95.6 Å². The Morgan fingerprint density at radius 2 is 1.55 bits per heavy atom. The zero-order valence-corrected chi connectivity index (χ0v) is 17.8. The summed E-state index contributed by atoms with van der Waals surface area (Å²) in [7, 11) is 0. The summed E-state index contributed by atoms with van der Waals surface area (Å²) < 4.78 is 5.91. The van der Waals surface area contributed by atoms with Crippen LogP contribution in [0.4, 0.5) is 4.79 Å². The van der Waals surface area contributed by atoms with Gasteiger partial charge in [-0.3, -0.25) is 0 Å². The maximum atomic E-state index is 13.1. The van der Waals surface area contributed by atoms with E-state index in [4.69, 9.17) is 4.74 Å². The molecule has 1 aliphatic carbocycles. The molecule has 3 aromatic carbocycles. The second-order valence-electron chi connectivity index (χ2n) is 8.60. The highest BCUT2D eigenvalue weighted by atomic mass is 16.6. The van der Waals surface area contributed by atoms with Crippen molar-refractivity contribution in [2.45, 2.75) is 31.3 Å². The Kier molecular flexibility index (Phi) is 5.47. The second kappa shape index (κ2) is 8.56. The van der Waals surface area contributed by atoms with Gasteiger partial charge in [0.25, 0.3) is 0 Å². The summed E-state index contributed by atoms with van der Waals surface area (Å²) in [6.07, 6.45) is 0.690. The average molecular weight is 413 g/mol. The Balaban J connectivity index is 1.27. The minimum absolute atomic E-state index is 0.0923. The van der Waals surface area contributed by atoms with Crippen LogP contribution < -0.4 is 5.32 Å². The molecular weight excluding hydrogens is 384 g/mol. The van der Waals surface area contributed by atoms with Gasteiger partial charge in [0.2, 0.25) is 0 Å². The lowest BCUT2D eigenvalue weighted by Crippen LogP contribution is -2.58. The SMILES string of the molecule is C[C@@H]1CN[C@H](Cc2ccccc2)CN1C(=O)OCC1c2ccccc2-c2ccccc21. The molecule has 3 aromatic rings. The van der Waals surface area contributed by atoms with Gasteiger partial charge < -0.3 is 15.0 Å². The number of ether oxygens (including phenoxy) is 1. The standard InChI is InChI=1S/C27H28N2O2/c1-19-16-28-21(15-20-9-3-2-4-10-20)17-29(19)27(30)31-18-26-24-13-7-5-11-22(24)23-12-6-8-14-25(23)26/h2-14,19,21,26,28H,15-18H2,1H3/t19-,21-/m1/s1. The first kappa shape index (κ1) is 19.8.